The summed E-state index contributed by atoms with van der Waals surface area (Å²) in [5.41, 5.74) is 4.20. The molecule has 102 valence electrons. The fraction of sp³-hybridized carbons (Fsp3) is 0.400. The summed E-state index contributed by atoms with van der Waals surface area (Å²) < 4.78 is 62.8. The summed E-state index contributed by atoms with van der Waals surface area (Å²) in [6.45, 7) is 0.389. The zero-order valence-electron chi connectivity index (χ0n) is 9.37. The number of hydrogen-bond donors (Lipinski definition) is 2. The van der Waals surface area contributed by atoms with Crippen LogP contribution in [-0.4, -0.2) is 21.5 Å². The lowest BCUT2D eigenvalue weighted by molar-refractivity contribution is -0.137. The fourth-order valence-electron chi connectivity index (χ4n) is 1.23. The van der Waals surface area contributed by atoms with Gasteiger partial charge in [-0.2, -0.15) is 13.2 Å². The Morgan fingerprint density at radius 1 is 1.28 bits per heavy atom. The van der Waals surface area contributed by atoms with E-state index in [1.165, 1.54) is 0 Å². The predicted octanol–water partition coefficient (Wildman–Crippen LogP) is 1.33. The SMILES string of the molecule is NCCCNS(=O)(=O)c1cccc(C(F)(F)F)c1. The first-order valence-corrected chi connectivity index (χ1v) is 6.62. The third kappa shape index (κ3) is 3.97. The topological polar surface area (TPSA) is 72.2 Å². The van der Waals surface area contributed by atoms with E-state index in [-0.39, 0.29) is 6.54 Å². The van der Waals surface area contributed by atoms with Crippen LogP contribution in [0, 0.1) is 0 Å². The van der Waals surface area contributed by atoms with Crippen molar-refractivity contribution in [1.29, 1.82) is 0 Å². The maximum Gasteiger partial charge on any atom is 0.416 e. The van der Waals surface area contributed by atoms with Crippen molar-refractivity contribution in [3.8, 4) is 0 Å². The second-order valence-electron chi connectivity index (χ2n) is 3.57. The standard InChI is InChI=1S/C10H13F3N2O2S/c11-10(12,13)8-3-1-4-9(7-8)18(16,17)15-6-2-5-14/h1,3-4,7,15H,2,5-6,14H2. The van der Waals surface area contributed by atoms with Gasteiger partial charge in [0.15, 0.2) is 0 Å². The molecule has 1 rings (SSSR count). The Kier molecular flexibility index (Phi) is 4.71. The van der Waals surface area contributed by atoms with E-state index in [2.05, 4.69) is 4.72 Å². The van der Waals surface area contributed by atoms with E-state index < -0.39 is 26.7 Å². The largest absolute Gasteiger partial charge is 0.416 e. The van der Waals surface area contributed by atoms with Gasteiger partial charge in [0.1, 0.15) is 0 Å². The highest BCUT2D eigenvalue weighted by Gasteiger charge is 2.31. The molecule has 3 N–H and O–H groups in total. The first-order chi connectivity index (χ1) is 8.27. The van der Waals surface area contributed by atoms with Crippen molar-refractivity contribution in [1.82, 2.24) is 4.72 Å². The molecule has 18 heavy (non-hydrogen) atoms. The van der Waals surface area contributed by atoms with Crippen LogP contribution in [0.1, 0.15) is 12.0 Å². The summed E-state index contributed by atoms with van der Waals surface area (Å²) in [4.78, 5) is -0.408. The Morgan fingerprint density at radius 3 is 2.50 bits per heavy atom. The van der Waals surface area contributed by atoms with Crippen molar-refractivity contribution in [3.05, 3.63) is 29.8 Å². The molecule has 1 aromatic rings. The molecule has 4 nitrogen and oxygen atoms in total. The third-order valence-electron chi connectivity index (χ3n) is 2.14. The molecule has 0 aliphatic rings. The van der Waals surface area contributed by atoms with Crippen LogP contribution >= 0.6 is 0 Å². The van der Waals surface area contributed by atoms with Crippen LogP contribution in [0.2, 0.25) is 0 Å². The van der Waals surface area contributed by atoms with Crippen molar-refractivity contribution < 1.29 is 21.6 Å². The van der Waals surface area contributed by atoms with Crippen molar-refractivity contribution in [3.63, 3.8) is 0 Å². The van der Waals surface area contributed by atoms with Gasteiger partial charge in [0.25, 0.3) is 0 Å². The number of halogens is 3. The van der Waals surface area contributed by atoms with E-state index >= 15 is 0 Å². The highest BCUT2D eigenvalue weighted by atomic mass is 32.2. The van der Waals surface area contributed by atoms with Crippen molar-refractivity contribution in [2.24, 2.45) is 5.73 Å². The minimum atomic E-state index is -4.57. The molecule has 0 heterocycles. The van der Waals surface area contributed by atoms with Crippen LogP contribution in [0.3, 0.4) is 0 Å². The van der Waals surface area contributed by atoms with Gasteiger partial charge in [0, 0.05) is 6.54 Å². The molecule has 0 aromatic heterocycles. The highest BCUT2D eigenvalue weighted by Crippen LogP contribution is 2.30. The maximum absolute atomic E-state index is 12.4. The van der Waals surface area contributed by atoms with Crippen LogP contribution in [-0.2, 0) is 16.2 Å². The van der Waals surface area contributed by atoms with Gasteiger partial charge >= 0.3 is 6.18 Å². The average molecular weight is 282 g/mol. The van der Waals surface area contributed by atoms with Gasteiger partial charge in [-0.15, -0.1) is 0 Å². The van der Waals surface area contributed by atoms with Crippen LogP contribution in [0.15, 0.2) is 29.2 Å². The zero-order chi connectivity index (χ0) is 13.8. The molecular formula is C10H13F3N2O2S. The molecule has 8 heteroatoms. The minimum Gasteiger partial charge on any atom is -0.330 e. The summed E-state index contributed by atoms with van der Waals surface area (Å²) in [5, 5.41) is 0. The number of rotatable bonds is 5. The molecular weight excluding hydrogens is 269 g/mol. The molecule has 0 bridgehead atoms. The normalized spacial score (nSPS) is 12.7. The number of alkyl halides is 3. The molecule has 0 aliphatic heterocycles. The maximum atomic E-state index is 12.4. The Bertz CT molecular complexity index is 500. The van der Waals surface area contributed by atoms with Crippen LogP contribution in [0.5, 0.6) is 0 Å². The van der Waals surface area contributed by atoms with E-state index in [0.29, 0.717) is 19.0 Å². The molecule has 0 unspecified atom stereocenters. The summed E-state index contributed by atoms with van der Waals surface area (Å²) in [7, 11) is -3.92. The molecule has 0 aliphatic carbocycles. The van der Waals surface area contributed by atoms with Crippen molar-refractivity contribution >= 4 is 10.0 Å². The van der Waals surface area contributed by atoms with Crippen LogP contribution in [0.25, 0.3) is 0 Å². The molecule has 0 amide bonds. The molecule has 0 saturated carbocycles. The Labute approximate surface area is 103 Å². The molecule has 0 saturated heterocycles. The van der Waals surface area contributed by atoms with E-state index in [1.54, 1.807) is 0 Å². The van der Waals surface area contributed by atoms with Gasteiger partial charge in [0.05, 0.1) is 10.5 Å². The number of hydrogen-bond acceptors (Lipinski definition) is 3. The Hall–Kier alpha value is -1.12. The molecule has 0 atom stereocenters. The number of benzene rings is 1. The first-order valence-electron chi connectivity index (χ1n) is 5.14. The average Bonchev–Trinajstić information content (AvgIpc) is 2.28. The van der Waals surface area contributed by atoms with E-state index in [4.69, 9.17) is 5.73 Å². The lowest BCUT2D eigenvalue weighted by Gasteiger charge is -2.10. The molecule has 0 radical (unpaired) electrons. The molecule has 0 fully saturated rings. The lowest BCUT2D eigenvalue weighted by Crippen LogP contribution is -2.26. The predicted molar refractivity (Wildman–Crippen MR) is 60.3 cm³/mol. The van der Waals surface area contributed by atoms with Crippen molar-refractivity contribution in [2.75, 3.05) is 13.1 Å². The second-order valence-corrected chi connectivity index (χ2v) is 5.33. The van der Waals surface area contributed by atoms with Gasteiger partial charge in [-0.25, -0.2) is 13.1 Å². The van der Waals surface area contributed by atoms with Gasteiger partial charge in [0.2, 0.25) is 10.0 Å². The fourth-order valence-corrected chi connectivity index (χ4v) is 2.35. The van der Waals surface area contributed by atoms with E-state index in [9.17, 15) is 21.6 Å². The zero-order valence-corrected chi connectivity index (χ0v) is 10.2. The summed E-state index contributed by atoms with van der Waals surface area (Å²) in [6.07, 6.45) is -4.15. The van der Waals surface area contributed by atoms with Gasteiger partial charge in [-0.3, -0.25) is 0 Å². The smallest absolute Gasteiger partial charge is 0.330 e. The number of sulfonamides is 1. The third-order valence-corrected chi connectivity index (χ3v) is 3.60. The first kappa shape index (κ1) is 14.9. The van der Waals surface area contributed by atoms with Crippen LogP contribution < -0.4 is 10.5 Å². The summed E-state index contributed by atoms with van der Waals surface area (Å²) >= 11 is 0. The van der Waals surface area contributed by atoms with E-state index in [0.717, 1.165) is 18.2 Å². The van der Waals surface area contributed by atoms with Crippen molar-refractivity contribution in [2.45, 2.75) is 17.5 Å². The number of nitrogens with one attached hydrogen (secondary N) is 1. The van der Waals surface area contributed by atoms with E-state index in [1.807, 2.05) is 0 Å². The van der Waals surface area contributed by atoms with Crippen LogP contribution in [0.4, 0.5) is 13.2 Å². The second kappa shape index (κ2) is 5.68. The lowest BCUT2D eigenvalue weighted by atomic mass is 10.2. The number of nitrogens with two attached hydrogens (primary N) is 1. The van der Waals surface area contributed by atoms with Gasteiger partial charge in [-0.05, 0) is 31.2 Å². The molecule has 1 aromatic carbocycles. The minimum absolute atomic E-state index is 0.0923. The van der Waals surface area contributed by atoms with Gasteiger partial charge < -0.3 is 5.73 Å². The monoisotopic (exact) mass is 282 g/mol. The quantitative estimate of drug-likeness (QED) is 0.800. The summed E-state index contributed by atoms with van der Waals surface area (Å²) in [5.74, 6) is 0. The van der Waals surface area contributed by atoms with Gasteiger partial charge in [-0.1, -0.05) is 6.07 Å². The Morgan fingerprint density at radius 2 is 1.94 bits per heavy atom. The Balaban J connectivity index is 2.96. The molecule has 0 spiro atoms. The summed E-state index contributed by atoms with van der Waals surface area (Å²) in [6, 6.07) is 3.59. The highest BCUT2D eigenvalue weighted by molar-refractivity contribution is 7.89.